The van der Waals surface area contributed by atoms with Crippen LogP contribution in [0.2, 0.25) is 0 Å². The fraction of sp³-hybridized carbons (Fsp3) is 0.478. The van der Waals surface area contributed by atoms with Crippen molar-refractivity contribution in [1.29, 1.82) is 0 Å². The summed E-state index contributed by atoms with van der Waals surface area (Å²) in [5, 5.41) is 6.80. The summed E-state index contributed by atoms with van der Waals surface area (Å²) in [7, 11) is 3.44. The van der Waals surface area contributed by atoms with Gasteiger partial charge in [0.25, 0.3) is 0 Å². The number of halogens is 2. The zero-order chi connectivity index (χ0) is 22.2. The molecular formula is C23H33FIN5O2. The molecule has 1 fully saturated rings. The lowest BCUT2D eigenvalue weighted by Crippen LogP contribution is -2.52. The molecule has 1 aromatic heterocycles. The number of carbonyl (C=O) groups is 1. The van der Waals surface area contributed by atoms with Gasteiger partial charge < -0.3 is 24.9 Å². The van der Waals surface area contributed by atoms with E-state index in [0.717, 1.165) is 49.4 Å². The first-order valence-corrected chi connectivity index (χ1v) is 10.7. The monoisotopic (exact) mass is 557 g/mol. The molecule has 1 aliphatic heterocycles. The first kappa shape index (κ1) is 26.0. The van der Waals surface area contributed by atoms with Crippen LogP contribution in [0.1, 0.15) is 24.2 Å². The first-order valence-electron chi connectivity index (χ1n) is 10.7. The molecule has 32 heavy (non-hydrogen) atoms. The molecule has 0 bridgehead atoms. The van der Waals surface area contributed by atoms with E-state index in [1.165, 1.54) is 11.0 Å². The Kier molecular flexibility index (Phi) is 10.3. The summed E-state index contributed by atoms with van der Waals surface area (Å²) in [6, 6.07) is 8.90. The van der Waals surface area contributed by atoms with E-state index in [9.17, 15) is 9.18 Å². The van der Waals surface area contributed by atoms with Crippen molar-refractivity contribution in [2.75, 3.05) is 45.2 Å². The molecule has 1 atom stereocenters. The molecule has 7 nitrogen and oxygen atoms in total. The largest absolute Gasteiger partial charge is 0.469 e. The molecule has 1 unspecified atom stereocenters. The lowest BCUT2D eigenvalue weighted by atomic mass is 10.0. The maximum absolute atomic E-state index is 13.5. The van der Waals surface area contributed by atoms with Crippen molar-refractivity contribution >= 4 is 41.5 Å². The number of anilines is 1. The molecule has 1 aliphatic rings. The van der Waals surface area contributed by atoms with Crippen molar-refractivity contribution in [2.24, 2.45) is 4.99 Å². The van der Waals surface area contributed by atoms with E-state index in [2.05, 4.69) is 20.5 Å². The van der Waals surface area contributed by atoms with Crippen LogP contribution in [-0.4, -0.2) is 63.1 Å². The minimum atomic E-state index is -0.214. The number of amides is 1. The number of benzene rings is 1. The molecular weight excluding hydrogens is 524 g/mol. The van der Waals surface area contributed by atoms with E-state index < -0.39 is 0 Å². The molecule has 2 aromatic rings. The van der Waals surface area contributed by atoms with Crippen molar-refractivity contribution in [3.63, 3.8) is 0 Å². The van der Waals surface area contributed by atoms with Crippen LogP contribution in [0.5, 0.6) is 0 Å². The van der Waals surface area contributed by atoms with Gasteiger partial charge in [0.2, 0.25) is 5.91 Å². The van der Waals surface area contributed by atoms with E-state index in [1.54, 1.807) is 26.4 Å². The van der Waals surface area contributed by atoms with Crippen LogP contribution < -0.4 is 15.5 Å². The molecule has 0 aliphatic carbocycles. The van der Waals surface area contributed by atoms with Gasteiger partial charge in [0, 0.05) is 51.9 Å². The summed E-state index contributed by atoms with van der Waals surface area (Å²) in [6.45, 7) is 4.38. The Morgan fingerprint density at radius 1 is 1.34 bits per heavy atom. The van der Waals surface area contributed by atoms with Gasteiger partial charge in [0.15, 0.2) is 5.96 Å². The number of rotatable bonds is 7. The third-order valence-corrected chi connectivity index (χ3v) is 5.38. The molecule has 2 N–H and O–H groups in total. The molecule has 176 valence electrons. The number of hydrogen-bond acceptors (Lipinski definition) is 4. The number of likely N-dealkylation sites (N-methyl/N-ethyl adjacent to an activating group) is 1. The van der Waals surface area contributed by atoms with E-state index in [-0.39, 0.29) is 48.3 Å². The number of carbonyl (C=O) groups excluding carboxylic acids is 1. The van der Waals surface area contributed by atoms with Crippen LogP contribution >= 0.6 is 24.0 Å². The maximum Gasteiger partial charge on any atom is 0.243 e. The summed E-state index contributed by atoms with van der Waals surface area (Å²) in [5.74, 6) is 1.24. The fourth-order valence-electron chi connectivity index (χ4n) is 3.68. The number of aryl methyl sites for hydroxylation is 1. The molecule has 1 amide bonds. The number of piperidine rings is 1. The molecule has 9 heteroatoms. The van der Waals surface area contributed by atoms with Gasteiger partial charge >= 0.3 is 0 Å². The molecule has 1 saturated heterocycles. The van der Waals surface area contributed by atoms with Crippen molar-refractivity contribution in [2.45, 2.75) is 32.2 Å². The minimum absolute atomic E-state index is 0. The van der Waals surface area contributed by atoms with Crippen LogP contribution in [0.15, 0.2) is 46.0 Å². The Morgan fingerprint density at radius 2 is 2.16 bits per heavy atom. The smallest absolute Gasteiger partial charge is 0.243 e. The van der Waals surface area contributed by atoms with Gasteiger partial charge in [-0.3, -0.25) is 4.79 Å². The molecule has 0 radical (unpaired) electrons. The highest BCUT2D eigenvalue weighted by Gasteiger charge is 2.22. The highest BCUT2D eigenvalue weighted by atomic mass is 127. The quantitative estimate of drug-likeness (QED) is 0.311. The average Bonchev–Trinajstić information content (AvgIpc) is 3.25. The number of hydrogen-bond donors (Lipinski definition) is 2. The predicted octanol–water partition coefficient (Wildman–Crippen LogP) is 3.18. The van der Waals surface area contributed by atoms with E-state index in [1.807, 2.05) is 25.1 Å². The van der Waals surface area contributed by atoms with Gasteiger partial charge in [-0.25, -0.2) is 9.38 Å². The van der Waals surface area contributed by atoms with Gasteiger partial charge in [-0.05, 0) is 55.7 Å². The van der Waals surface area contributed by atoms with Crippen LogP contribution in [0.3, 0.4) is 0 Å². The number of nitrogens with zero attached hydrogens (tertiary/aromatic N) is 3. The average molecular weight is 557 g/mol. The van der Waals surface area contributed by atoms with Gasteiger partial charge in [-0.2, -0.15) is 0 Å². The summed E-state index contributed by atoms with van der Waals surface area (Å²) < 4.78 is 18.9. The lowest BCUT2D eigenvalue weighted by molar-refractivity contribution is -0.127. The zero-order valence-corrected chi connectivity index (χ0v) is 21.3. The number of aliphatic imine (C=N–C) groups is 1. The number of furan rings is 1. The lowest BCUT2D eigenvalue weighted by Gasteiger charge is -2.36. The Bertz CT molecular complexity index is 889. The van der Waals surface area contributed by atoms with Gasteiger partial charge in [0.1, 0.15) is 18.1 Å². The highest BCUT2D eigenvalue weighted by molar-refractivity contribution is 14.0. The van der Waals surface area contributed by atoms with E-state index >= 15 is 0 Å². The van der Waals surface area contributed by atoms with Crippen molar-refractivity contribution in [3.8, 4) is 0 Å². The molecule has 1 aromatic carbocycles. The molecule has 0 saturated carbocycles. The van der Waals surface area contributed by atoms with Crippen LogP contribution in [0, 0.1) is 12.7 Å². The van der Waals surface area contributed by atoms with Crippen LogP contribution in [-0.2, 0) is 11.2 Å². The summed E-state index contributed by atoms with van der Waals surface area (Å²) in [6.07, 6.45) is 4.40. The second kappa shape index (κ2) is 12.7. The SMILES string of the molecule is Cc1cc(F)ccc1N1CCCC(NC(=NCC(=O)N(C)C)NCCc2ccco2)C1.I. The summed E-state index contributed by atoms with van der Waals surface area (Å²) >= 11 is 0. The van der Waals surface area contributed by atoms with E-state index in [4.69, 9.17) is 4.42 Å². The Hall–Kier alpha value is -2.30. The topological polar surface area (TPSA) is 73.1 Å². The summed E-state index contributed by atoms with van der Waals surface area (Å²) in [4.78, 5) is 20.3. The Morgan fingerprint density at radius 3 is 2.84 bits per heavy atom. The van der Waals surface area contributed by atoms with Crippen LogP contribution in [0.25, 0.3) is 0 Å². The molecule has 0 spiro atoms. The van der Waals surface area contributed by atoms with Crippen molar-refractivity contribution in [1.82, 2.24) is 15.5 Å². The molecule has 2 heterocycles. The Balaban J connectivity index is 0.00000363. The summed E-state index contributed by atoms with van der Waals surface area (Å²) in [5.41, 5.74) is 1.99. The van der Waals surface area contributed by atoms with Gasteiger partial charge in [0.05, 0.1) is 6.26 Å². The number of guanidine groups is 1. The first-order chi connectivity index (χ1) is 14.9. The van der Waals surface area contributed by atoms with E-state index in [0.29, 0.717) is 12.5 Å². The third kappa shape index (κ3) is 7.68. The minimum Gasteiger partial charge on any atom is -0.469 e. The van der Waals surface area contributed by atoms with Gasteiger partial charge in [-0.1, -0.05) is 0 Å². The standard InChI is InChI=1S/C23H32FN5O2.HI/c1-17-14-18(24)8-9-21(17)29-12-4-6-19(16-29)27-23(26-15-22(30)28(2)3)25-11-10-20-7-5-13-31-20;/h5,7-9,13-14,19H,4,6,10-12,15-16H2,1-3H3,(H2,25,26,27);1H. The maximum atomic E-state index is 13.5. The highest BCUT2D eigenvalue weighted by Crippen LogP contribution is 2.24. The third-order valence-electron chi connectivity index (χ3n) is 5.38. The Labute approximate surface area is 206 Å². The predicted molar refractivity (Wildman–Crippen MR) is 136 cm³/mol. The second-order valence-electron chi connectivity index (χ2n) is 8.07. The normalized spacial score (nSPS) is 16.3. The van der Waals surface area contributed by atoms with Crippen molar-refractivity contribution < 1.29 is 13.6 Å². The zero-order valence-electron chi connectivity index (χ0n) is 18.9. The fourth-order valence-corrected chi connectivity index (χ4v) is 3.68. The van der Waals surface area contributed by atoms with Crippen LogP contribution in [0.4, 0.5) is 10.1 Å². The molecule has 3 rings (SSSR count). The van der Waals surface area contributed by atoms with Crippen molar-refractivity contribution in [3.05, 3.63) is 53.7 Å². The van der Waals surface area contributed by atoms with Gasteiger partial charge in [-0.15, -0.1) is 24.0 Å². The number of nitrogens with one attached hydrogen (secondary N) is 2. The second-order valence-corrected chi connectivity index (χ2v) is 8.07.